The average Bonchev–Trinajstić information content (AvgIpc) is 2.32. The zero-order valence-corrected chi connectivity index (χ0v) is 12.2. The number of aliphatic hydroxyl groups is 1. The van der Waals surface area contributed by atoms with Crippen LogP contribution in [0, 0.1) is 5.92 Å². The standard InChI is InChI=1S/C13H18BF2N3O3/c14-13(21,9-2-1-3-9)19-12(20)18-7-8-4-5-17-10(6-8)22-11(15)16/h4-6,9,11,21H,1-3,7,14H2,(H2,18,19,20). The Morgan fingerprint density at radius 2 is 2.32 bits per heavy atom. The average molecular weight is 313 g/mol. The summed E-state index contributed by atoms with van der Waals surface area (Å²) in [5.74, 6) is -0.151. The van der Waals surface area contributed by atoms with Crippen LogP contribution in [-0.2, 0) is 6.54 Å². The van der Waals surface area contributed by atoms with Crippen LogP contribution in [0.4, 0.5) is 13.6 Å². The van der Waals surface area contributed by atoms with Gasteiger partial charge in [0.2, 0.25) is 5.88 Å². The van der Waals surface area contributed by atoms with Crippen LogP contribution >= 0.6 is 0 Å². The third-order valence-electron chi connectivity index (χ3n) is 3.73. The van der Waals surface area contributed by atoms with Gasteiger partial charge in [-0.25, -0.2) is 9.78 Å². The van der Waals surface area contributed by atoms with E-state index in [9.17, 15) is 18.7 Å². The molecule has 1 fully saturated rings. The highest BCUT2D eigenvalue weighted by atomic mass is 19.3. The molecule has 120 valence electrons. The third-order valence-corrected chi connectivity index (χ3v) is 3.73. The number of hydrogen-bond acceptors (Lipinski definition) is 4. The molecular formula is C13H18BF2N3O3. The van der Waals surface area contributed by atoms with E-state index in [1.165, 1.54) is 12.3 Å². The maximum Gasteiger partial charge on any atom is 0.388 e. The summed E-state index contributed by atoms with van der Waals surface area (Å²) >= 11 is 0. The van der Waals surface area contributed by atoms with Crippen molar-refractivity contribution in [2.45, 2.75) is 38.0 Å². The highest BCUT2D eigenvalue weighted by Gasteiger charge is 2.36. The summed E-state index contributed by atoms with van der Waals surface area (Å²) in [7, 11) is 1.57. The molecule has 1 heterocycles. The van der Waals surface area contributed by atoms with Gasteiger partial charge in [-0.05, 0) is 30.4 Å². The Morgan fingerprint density at radius 1 is 1.59 bits per heavy atom. The molecule has 0 aliphatic heterocycles. The van der Waals surface area contributed by atoms with Crippen LogP contribution in [0.2, 0.25) is 0 Å². The lowest BCUT2D eigenvalue weighted by atomic mass is 9.68. The van der Waals surface area contributed by atoms with Crippen molar-refractivity contribution >= 4 is 13.9 Å². The van der Waals surface area contributed by atoms with E-state index >= 15 is 0 Å². The topological polar surface area (TPSA) is 83.5 Å². The Morgan fingerprint density at radius 3 is 2.91 bits per heavy atom. The first kappa shape index (κ1) is 16.5. The van der Waals surface area contributed by atoms with E-state index < -0.39 is 18.3 Å². The SMILES string of the molecule is BC(O)(NC(=O)NCc1ccnc(OC(F)F)c1)C1CCC1. The number of pyridine rings is 1. The monoisotopic (exact) mass is 313 g/mol. The number of halogens is 2. The number of nitrogens with zero attached hydrogens (tertiary/aromatic N) is 1. The number of amides is 2. The van der Waals surface area contributed by atoms with E-state index in [0.717, 1.165) is 19.3 Å². The number of rotatable bonds is 6. The molecule has 6 nitrogen and oxygen atoms in total. The van der Waals surface area contributed by atoms with Crippen molar-refractivity contribution in [1.29, 1.82) is 0 Å². The van der Waals surface area contributed by atoms with Crippen molar-refractivity contribution in [2.75, 3.05) is 0 Å². The van der Waals surface area contributed by atoms with Gasteiger partial charge in [-0.1, -0.05) is 6.42 Å². The lowest BCUT2D eigenvalue weighted by Crippen LogP contribution is -2.58. The Kier molecular flexibility index (Phi) is 5.17. The molecule has 1 aliphatic rings. The second-order valence-corrected chi connectivity index (χ2v) is 5.46. The number of carbonyl (C=O) groups excluding carboxylic acids is 1. The van der Waals surface area contributed by atoms with Crippen molar-refractivity contribution < 1.29 is 23.4 Å². The molecular weight excluding hydrogens is 295 g/mol. The number of alkyl halides is 2. The maximum absolute atomic E-state index is 12.1. The predicted molar refractivity (Wildman–Crippen MR) is 77.1 cm³/mol. The zero-order valence-electron chi connectivity index (χ0n) is 12.2. The van der Waals surface area contributed by atoms with Crippen LogP contribution in [0.1, 0.15) is 24.8 Å². The number of hydrogen-bond donors (Lipinski definition) is 3. The van der Waals surface area contributed by atoms with Gasteiger partial charge in [0.1, 0.15) is 5.62 Å². The van der Waals surface area contributed by atoms with Gasteiger partial charge in [0.15, 0.2) is 7.85 Å². The van der Waals surface area contributed by atoms with Crippen molar-refractivity contribution in [2.24, 2.45) is 5.92 Å². The van der Waals surface area contributed by atoms with Crippen LogP contribution in [0.25, 0.3) is 0 Å². The summed E-state index contributed by atoms with van der Waals surface area (Å²) in [4.78, 5) is 15.4. The van der Waals surface area contributed by atoms with E-state index in [0.29, 0.717) is 5.56 Å². The molecule has 1 aliphatic carbocycles. The molecule has 0 spiro atoms. The molecule has 2 amide bonds. The number of urea groups is 1. The highest BCUT2D eigenvalue weighted by Crippen LogP contribution is 2.32. The second kappa shape index (κ2) is 6.91. The number of carbonyl (C=O) groups is 1. The molecule has 22 heavy (non-hydrogen) atoms. The summed E-state index contributed by atoms with van der Waals surface area (Å²) in [6.45, 7) is -2.84. The molecule has 0 radical (unpaired) electrons. The number of ether oxygens (including phenoxy) is 1. The molecule has 1 unspecified atom stereocenters. The molecule has 3 N–H and O–H groups in total. The van der Waals surface area contributed by atoms with Crippen molar-refractivity contribution in [3.05, 3.63) is 23.9 Å². The van der Waals surface area contributed by atoms with Gasteiger partial charge in [-0.15, -0.1) is 0 Å². The lowest BCUT2D eigenvalue weighted by Gasteiger charge is -2.39. The molecule has 1 aromatic rings. The number of nitrogens with one attached hydrogen (secondary N) is 2. The first-order chi connectivity index (χ1) is 10.4. The van der Waals surface area contributed by atoms with Gasteiger partial charge in [-0.3, -0.25) is 0 Å². The van der Waals surface area contributed by atoms with E-state index in [1.54, 1.807) is 13.9 Å². The highest BCUT2D eigenvalue weighted by molar-refractivity contribution is 6.15. The van der Waals surface area contributed by atoms with Gasteiger partial charge in [0, 0.05) is 18.8 Å². The van der Waals surface area contributed by atoms with Gasteiger partial charge < -0.3 is 20.5 Å². The second-order valence-electron chi connectivity index (χ2n) is 5.46. The minimum absolute atomic E-state index is 0.0604. The minimum atomic E-state index is -2.95. The van der Waals surface area contributed by atoms with Crippen LogP contribution in [0.5, 0.6) is 5.88 Å². The fourth-order valence-corrected chi connectivity index (χ4v) is 2.24. The smallest absolute Gasteiger partial charge is 0.388 e. The van der Waals surface area contributed by atoms with Crippen molar-refractivity contribution in [3.63, 3.8) is 0 Å². The van der Waals surface area contributed by atoms with Crippen LogP contribution in [0.15, 0.2) is 18.3 Å². The quantitative estimate of drug-likeness (QED) is 0.529. The summed E-state index contributed by atoms with van der Waals surface area (Å²) in [6, 6.07) is 2.36. The maximum atomic E-state index is 12.1. The van der Waals surface area contributed by atoms with Crippen LogP contribution in [-0.4, -0.2) is 36.2 Å². The predicted octanol–water partition coefficient (Wildman–Crippen LogP) is 0.561. The number of aromatic nitrogens is 1. The molecule has 2 rings (SSSR count). The van der Waals surface area contributed by atoms with E-state index in [1.807, 2.05) is 0 Å². The van der Waals surface area contributed by atoms with Gasteiger partial charge in [-0.2, -0.15) is 8.78 Å². The van der Waals surface area contributed by atoms with E-state index in [2.05, 4.69) is 20.4 Å². The van der Waals surface area contributed by atoms with Gasteiger partial charge >= 0.3 is 12.6 Å². The Balaban J connectivity index is 1.83. The molecule has 0 saturated heterocycles. The lowest BCUT2D eigenvalue weighted by molar-refractivity contribution is -0.0529. The summed E-state index contributed by atoms with van der Waals surface area (Å²) in [6.07, 6.45) is 4.13. The normalized spacial score (nSPS) is 17.5. The van der Waals surface area contributed by atoms with Crippen molar-refractivity contribution in [3.8, 4) is 5.88 Å². The van der Waals surface area contributed by atoms with E-state index in [4.69, 9.17) is 0 Å². The molecule has 1 saturated carbocycles. The Hall–Kier alpha value is -1.90. The molecule has 1 atom stereocenters. The van der Waals surface area contributed by atoms with Crippen LogP contribution in [0.3, 0.4) is 0 Å². The first-order valence-electron chi connectivity index (χ1n) is 7.05. The Bertz CT molecular complexity index is 527. The molecule has 0 bridgehead atoms. The van der Waals surface area contributed by atoms with Crippen LogP contribution < -0.4 is 15.4 Å². The fourth-order valence-electron chi connectivity index (χ4n) is 2.24. The Labute approximate surface area is 127 Å². The molecule has 0 aromatic carbocycles. The summed E-state index contributed by atoms with van der Waals surface area (Å²) in [5.41, 5.74) is -0.686. The minimum Gasteiger partial charge on any atom is -0.417 e. The molecule has 1 aromatic heterocycles. The van der Waals surface area contributed by atoms with Gasteiger partial charge in [0.25, 0.3) is 0 Å². The van der Waals surface area contributed by atoms with Crippen molar-refractivity contribution in [1.82, 2.24) is 15.6 Å². The van der Waals surface area contributed by atoms with Gasteiger partial charge in [0.05, 0.1) is 0 Å². The summed E-state index contributed by atoms with van der Waals surface area (Å²) < 4.78 is 28.4. The zero-order chi connectivity index (χ0) is 16.2. The molecule has 9 heteroatoms. The summed E-state index contributed by atoms with van der Waals surface area (Å²) in [5, 5.41) is 15.2. The third kappa shape index (κ3) is 4.55. The fraction of sp³-hybridized carbons (Fsp3) is 0.538. The van der Waals surface area contributed by atoms with E-state index in [-0.39, 0.29) is 18.3 Å². The first-order valence-corrected chi connectivity index (χ1v) is 7.05. The largest absolute Gasteiger partial charge is 0.417 e.